The fourth-order valence-electron chi connectivity index (χ4n) is 2.12. The highest BCUT2D eigenvalue weighted by Gasteiger charge is 2.14. The number of amides is 2. The standard InChI is InChI=1S/C16H16N2O4/c1-2-22-14-6-4-3-5-11(14)10-7-8-13(18-16(17)21)12(9-10)15(19)20/h3-9H,2H2,1H3,(H,19,20)(H3,17,18,21). The minimum Gasteiger partial charge on any atom is -0.493 e. The smallest absolute Gasteiger partial charge is 0.337 e. The van der Waals surface area contributed by atoms with Crippen molar-refractivity contribution in [2.75, 3.05) is 11.9 Å². The van der Waals surface area contributed by atoms with Crippen molar-refractivity contribution in [2.45, 2.75) is 6.92 Å². The topological polar surface area (TPSA) is 102 Å². The summed E-state index contributed by atoms with van der Waals surface area (Å²) < 4.78 is 5.55. The first-order valence-electron chi connectivity index (χ1n) is 6.69. The number of nitrogens with one attached hydrogen (secondary N) is 1. The number of ether oxygens (including phenoxy) is 1. The molecular weight excluding hydrogens is 284 g/mol. The molecule has 6 nitrogen and oxygen atoms in total. The number of para-hydroxylation sites is 1. The molecule has 22 heavy (non-hydrogen) atoms. The molecule has 6 heteroatoms. The number of anilines is 1. The third-order valence-electron chi connectivity index (χ3n) is 3.01. The second kappa shape index (κ2) is 6.62. The number of carbonyl (C=O) groups excluding carboxylic acids is 1. The van der Waals surface area contributed by atoms with Gasteiger partial charge in [-0.1, -0.05) is 24.3 Å². The molecule has 0 fully saturated rings. The SMILES string of the molecule is CCOc1ccccc1-c1ccc(NC(N)=O)c(C(=O)O)c1. The Balaban J connectivity index is 2.51. The molecule has 0 atom stereocenters. The van der Waals surface area contributed by atoms with Crippen LogP contribution in [0.25, 0.3) is 11.1 Å². The Kier molecular flexibility index (Phi) is 4.63. The first kappa shape index (κ1) is 15.4. The van der Waals surface area contributed by atoms with Crippen molar-refractivity contribution in [1.29, 1.82) is 0 Å². The lowest BCUT2D eigenvalue weighted by Crippen LogP contribution is -2.21. The maximum absolute atomic E-state index is 11.4. The second-order valence-electron chi connectivity index (χ2n) is 4.48. The highest BCUT2D eigenvalue weighted by atomic mass is 16.5. The van der Waals surface area contributed by atoms with Crippen molar-refractivity contribution in [3.63, 3.8) is 0 Å². The van der Waals surface area contributed by atoms with Crippen molar-refractivity contribution in [1.82, 2.24) is 0 Å². The summed E-state index contributed by atoms with van der Waals surface area (Å²) in [7, 11) is 0. The number of hydrogen-bond donors (Lipinski definition) is 3. The Morgan fingerprint density at radius 1 is 1.23 bits per heavy atom. The van der Waals surface area contributed by atoms with E-state index >= 15 is 0 Å². The lowest BCUT2D eigenvalue weighted by Gasteiger charge is -2.12. The third kappa shape index (κ3) is 3.35. The van der Waals surface area contributed by atoms with Gasteiger partial charge in [0.1, 0.15) is 5.75 Å². The Bertz CT molecular complexity index is 713. The van der Waals surface area contributed by atoms with Gasteiger partial charge in [-0.25, -0.2) is 9.59 Å². The molecule has 0 bridgehead atoms. The molecule has 0 aromatic heterocycles. The van der Waals surface area contributed by atoms with E-state index in [2.05, 4.69) is 5.32 Å². The van der Waals surface area contributed by atoms with Gasteiger partial charge in [0, 0.05) is 5.56 Å². The summed E-state index contributed by atoms with van der Waals surface area (Å²) >= 11 is 0. The molecule has 114 valence electrons. The van der Waals surface area contributed by atoms with E-state index in [1.54, 1.807) is 6.07 Å². The number of rotatable bonds is 5. The van der Waals surface area contributed by atoms with E-state index in [0.29, 0.717) is 17.9 Å². The van der Waals surface area contributed by atoms with Crippen LogP contribution in [0.2, 0.25) is 0 Å². The fourth-order valence-corrected chi connectivity index (χ4v) is 2.12. The molecule has 2 aromatic carbocycles. The van der Waals surface area contributed by atoms with Crippen LogP contribution in [0.3, 0.4) is 0 Å². The van der Waals surface area contributed by atoms with Crippen LogP contribution < -0.4 is 15.8 Å². The lowest BCUT2D eigenvalue weighted by molar-refractivity contribution is 0.0698. The first-order valence-corrected chi connectivity index (χ1v) is 6.69. The predicted molar refractivity (Wildman–Crippen MR) is 83.2 cm³/mol. The normalized spacial score (nSPS) is 10.0. The summed E-state index contributed by atoms with van der Waals surface area (Å²) in [5.41, 5.74) is 6.61. The van der Waals surface area contributed by atoms with Gasteiger partial charge in [0.05, 0.1) is 17.9 Å². The minimum absolute atomic E-state index is 0.0393. The Hall–Kier alpha value is -3.02. The van der Waals surface area contributed by atoms with Crippen LogP contribution in [-0.2, 0) is 0 Å². The summed E-state index contributed by atoms with van der Waals surface area (Å²) in [6.45, 7) is 2.38. The summed E-state index contributed by atoms with van der Waals surface area (Å²) in [5.74, 6) is -0.489. The quantitative estimate of drug-likeness (QED) is 0.790. The number of benzene rings is 2. The van der Waals surface area contributed by atoms with Crippen LogP contribution >= 0.6 is 0 Å². The maximum Gasteiger partial charge on any atom is 0.337 e. The highest BCUT2D eigenvalue weighted by molar-refractivity contribution is 6.01. The number of aromatic carboxylic acids is 1. The minimum atomic E-state index is -1.15. The predicted octanol–water partition coefficient (Wildman–Crippen LogP) is 2.94. The maximum atomic E-state index is 11.4. The summed E-state index contributed by atoms with van der Waals surface area (Å²) in [4.78, 5) is 22.3. The van der Waals surface area contributed by atoms with Gasteiger partial charge in [-0.2, -0.15) is 0 Å². The molecule has 0 spiro atoms. The van der Waals surface area contributed by atoms with Crippen LogP contribution in [0.15, 0.2) is 42.5 Å². The van der Waals surface area contributed by atoms with E-state index in [1.165, 1.54) is 12.1 Å². The highest BCUT2D eigenvalue weighted by Crippen LogP contribution is 2.32. The molecule has 0 saturated carbocycles. The van der Waals surface area contributed by atoms with E-state index < -0.39 is 12.0 Å². The summed E-state index contributed by atoms with van der Waals surface area (Å²) in [6, 6.07) is 11.2. The first-order chi connectivity index (χ1) is 10.5. The average molecular weight is 300 g/mol. The van der Waals surface area contributed by atoms with Crippen molar-refractivity contribution >= 4 is 17.7 Å². The van der Waals surface area contributed by atoms with E-state index in [-0.39, 0.29) is 11.3 Å². The fraction of sp³-hybridized carbons (Fsp3) is 0.125. The van der Waals surface area contributed by atoms with Gasteiger partial charge in [0.25, 0.3) is 0 Å². The van der Waals surface area contributed by atoms with E-state index in [0.717, 1.165) is 5.56 Å². The van der Waals surface area contributed by atoms with Crippen molar-refractivity contribution in [3.8, 4) is 16.9 Å². The van der Waals surface area contributed by atoms with Gasteiger partial charge < -0.3 is 20.9 Å². The van der Waals surface area contributed by atoms with Crippen molar-refractivity contribution in [2.24, 2.45) is 5.73 Å². The molecule has 4 N–H and O–H groups in total. The second-order valence-corrected chi connectivity index (χ2v) is 4.48. The zero-order valence-electron chi connectivity index (χ0n) is 12.0. The molecular formula is C16H16N2O4. The van der Waals surface area contributed by atoms with E-state index in [4.69, 9.17) is 10.5 Å². The van der Waals surface area contributed by atoms with Gasteiger partial charge in [-0.05, 0) is 30.7 Å². The average Bonchev–Trinajstić information content (AvgIpc) is 2.48. The van der Waals surface area contributed by atoms with Gasteiger partial charge in [0.2, 0.25) is 0 Å². The van der Waals surface area contributed by atoms with Gasteiger partial charge in [0.15, 0.2) is 0 Å². The third-order valence-corrected chi connectivity index (χ3v) is 3.01. The number of hydrogen-bond acceptors (Lipinski definition) is 3. The van der Waals surface area contributed by atoms with Crippen LogP contribution in [0.4, 0.5) is 10.5 Å². The van der Waals surface area contributed by atoms with E-state index in [9.17, 15) is 14.7 Å². The number of carboxylic acids is 1. The molecule has 0 heterocycles. The van der Waals surface area contributed by atoms with Gasteiger partial charge in [-0.15, -0.1) is 0 Å². The molecule has 2 rings (SSSR count). The number of urea groups is 1. The van der Waals surface area contributed by atoms with Crippen LogP contribution in [-0.4, -0.2) is 23.7 Å². The van der Waals surface area contributed by atoms with Gasteiger partial charge in [-0.3, -0.25) is 0 Å². The molecule has 0 unspecified atom stereocenters. The van der Waals surface area contributed by atoms with Crippen LogP contribution in [0, 0.1) is 0 Å². The monoisotopic (exact) mass is 300 g/mol. The summed E-state index contributed by atoms with van der Waals surface area (Å²) in [6.07, 6.45) is 0. The Labute approximate surface area is 127 Å². The number of nitrogens with two attached hydrogens (primary N) is 1. The Morgan fingerprint density at radius 2 is 1.95 bits per heavy atom. The molecule has 0 radical (unpaired) electrons. The van der Waals surface area contributed by atoms with Crippen molar-refractivity contribution in [3.05, 3.63) is 48.0 Å². The largest absolute Gasteiger partial charge is 0.493 e. The molecule has 0 aliphatic carbocycles. The number of primary amides is 1. The zero-order chi connectivity index (χ0) is 16.1. The summed E-state index contributed by atoms with van der Waals surface area (Å²) in [5, 5.41) is 11.6. The zero-order valence-corrected chi connectivity index (χ0v) is 12.0. The molecule has 0 aliphatic rings. The van der Waals surface area contributed by atoms with Gasteiger partial charge >= 0.3 is 12.0 Å². The molecule has 2 amide bonds. The van der Waals surface area contributed by atoms with Crippen molar-refractivity contribution < 1.29 is 19.4 Å². The molecule has 0 saturated heterocycles. The lowest BCUT2D eigenvalue weighted by atomic mass is 10.0. The number of carboxylic acid groups (broad SMARTS) is 1. The Morgan fingerprint density at radius 3 is 2.59 bits per heavy atom. The molecule has 0 aliphatic heterocycles. The number of carbonyl (C=O) groups is 2. The van der Waals surface area contributed by atoms with Crippen LogP contribution in [0.1, 0.15) is 17.3 Å². The van der Waals surface area contributed by atoms with E-state index in [1.807, 2.05) is 31.2 Å². The van der Waals surface area contributed by atoms with Crippen LogP contribution in [0.5, 0.6) is 5.75 Å². The molecule has 2 aromatic rings.